The SMILES string of the molecule is CSc1noc(-c2ccc(O)cc2)c1C#N. The van der Waals surface area contributed by atoms with Gasteiger partial charge >= 0.3 is 0 Å². The molecular weight excluding hydrogens is 224 g/mol. The molecule has 0 aliphatic heterocycles. The lowest BCUT2D eigenvalue weighted by Crippen LogP contribution is -1.79. The molecule has 0 fully saturated rings. The quantitative estimate of drug-likeness (QED) is 0.806. The fourth-order valence-electron chi connectivity index (χ4n) is 1.32. The first-order valence-electron chi connectivity index (χ1n) is 4.49. The second-order valence-corrected chi connectivity index (χ2v) is 3.85. The lowest BCUT2D eigenvalue weighted by atomic mass is 10.1. The van der Waals surface area contributed by atoms with Gasteiger partial charge in [-0.15, -0.1) is 11.8 Å². The Morgan fingerprint density at radius 2 is 2.06 bits per heavy atom. The molecule has 2 rings (SSSR count). The molecule has 0 spiro atoms. The number of phenols is 1. The lowest BCUT2D eigenvalue weighted by molar-refractivity contribution is 0.415. The van der Waals surface area contributed by atoms with Gasteiger partial charge in [-0.05, 0) is 30.5 Å². The molecule has 2 aromatic rings. The first kappa shape index (κ1) is 10.6. The molecule has 4 nitrogen and oxygen atoms in total. The smallest absolute Gasteiger partial charge is 0.185 e. The number of benzene rings is 1. The van der Waals surface area contributed by atoms with Crippen LogP contribution in [0.4, 0.5) is 0 Å². The summed E-state index contributed by atoms with van der Waals surface area (Å²) in [6.45, 7) is 0. The molecule has 0 aliphatic rings. The van der Waals surface area contributed by atoms with Crippen molar-refractivity contribution in [1.82, 2.24) is 5.16 Å². The first-order chi connectivity index (χ1) is 7.76. The molecule has 0 amide bonds. The van der Waals surface area contributed by atoms with Crippen molar-refractivity contribution in [3.05, 3.63) is 29.8 Å². The van der Waals surface area contributed by atoms with E-state index >= 15 is 0 Å². The second-order valence-electron chi connectivity index (χ2n) is 3.05. The van der Waals surface area contributed by atoms with Crippen molar-refractivity contribution in [3.63, 3.8) is 0 Å². The van der Waals surface area contributed by atoms with E-state index in [1.165, 1.54) is 23.9 Å². The third-order valence-corrected chi connectivity index (χ3v) is 2.76. The molecular formula is C11H8N2O2S. The summed E-state index contributed by atoms with van der Waals surface area (Å²) in [4.78, 5) is 0. The van der Waals surface area contributed by atoms with Crippen molar-refractivity contribution < 1.29 is 9.63 Å². The molecule has 5 heteroatoms. The Bertz CT molecular complexity index is 540. The number of hydrogen-bond donors (Lipinski definition) is 1. The van der Waals surface area contributed by atoms with Gasteiger partial charge in [-0.25, -0.2) is 0 Å². The maximum atomic E-state index is 9.17. The second kappa shape index (κ2) is 4.29. The molecule has 0 saturated heterocycles. The molecule has 0 radical (unpaired) electrons. The van der Waals surface area contributed by atoms with Gasteiger partial charge in [-0.1, -0.05) is 5.16 Å². The number of thioether (sulfide) groups is 1. The largest absolute Gasteiger partial charge is 0.508 e. The van der Waals surface area contributed by atoms with E-state index in [1.54, 1.807) is 12.1 Å². The zero-order valence-electron chi connectivity index (χ0n) is 8.47. The Morgan fingerprint density at radius 1 is 1.38 bits per heavy atom. The topological polar surface area (TPSA) is 70.1 Å². The molecule has 0 saturated carbocycles. The van der Waals surface area contributed by atoms with Gasteiger partial charge in [0, 0.05) is 5.56 Å². The highest BCUT2D eigenvalue weighted by Crippen LogP contribution is 2.30. The van der Waals surface area contributed by atoms with Gasteiger partial charge in [0.25, 0.3) is 0 Å². The number of aromatic hydroxyl groups is 1. The van der Waals surface area contributed by atoms with E-state index in [0.29, 0.717) is 16.3 Å². The summed E-state index contributed by atoms with van der Waals surface area (Å²) < 4.78 is 5.13. The number of rotatable bonds is 2. The minimum Gasteiger partial charge on any atom is -0.508 e. The number of hydrogen-bond acceptors (Lipinski definition) is 5. The molecule has 1 heterocycles. The Morgan fingerprint density at radius 3 is 2.62 bits per heavy atom. The van der Waals surface area contributed by atoms with Gasteiger partial charge in [-0.3, -0.25) is 0 Å². The van der Waals surface area contributed by atoms with Crippen LogP contribution < -0.4 is 0 Å². The third-order valence-electron chi connectivity index (χ3n) is 2.10. The zero-order chi connectivity index (χ0) is 11.5. The minimum atomic E-state index is 0.173. The molecule has 16 heavy (non-hydrogen) atoms. The van der Waals surface area contributed by atoms with Gasteiger partial charge in [-0.2, -0.15) is 5.26 Å². The summed E-state index contributed by atoms with van der Waals surface area (Å²) in [5, 5.41) is 22.6. The third kappa shape index (κ3) is 1.75. The Kier molecular flexibility index (Phi) is 2.84. The van der Waals surface area contributed by atoms with Crippen molar-refractivity contribution in [2.45, 2.75) is 5.03 Å². The highest BCUT2D eigenvalue weighted by atomic mass is 32.2. The van der Waals surface area contributed by atoms with Crippen molar-refractivity contribution in [3.8, 4) is 23.1 Å². The molecule has 1 aromatic heterocycles. The van der Waals surface area contributed by atoms with Crippen LogP contribution >= 0.6 is 11.8 Å². The summed E-state index contributed by atoms with van der Waals surface area (Å²) in [6.07, 6.45) is 1.83. The van der Waals surface area contributed by atoms with Crippen LogP contribution in [0, 0.1) is 11.3 Å². The maximum Gasteiger partial charge on any atom is 0.185 e. The molecule has 0 unspecified atom stereocenters. The first-order valence-corrected chi connectivity index (χ1v) is 5.72. The van der Waals surface area contributed by atoms with Crippen molar-refractivity contribution in [2.24, 2.45) is 0 Å². The van der Waals surface area contributed by atoms with Crippen molar-refractivity contribution in [2.75, 3.05) is 6.26 Å². The van der Waals surface area contributed by atoms with E-state index in [0.717, 1.165) is 5.56 Å². The number of phenolic OH excluding ortho intramolecular Hbond substituents is 1. The minimum absolute atomic E-state index is 0.173. The molecule has 0 aliphatic carbocycles. The van der Waals surface area contributed by atoms with E-state index in [9.17, 15) is 0 Å². The zero-order valence-corrected chi connectivity index (χ0v) is 9.28. The monoisotopic (exact) mass is 232 g/mol. The van der Waals surface area contributed by atoms with Crippen LogP contribution in [0.5, 0.6) is 5.75 Å². The molecule has 0 bridgehead atoms. The summed E-state index contributed by atoms with van der Waals surface area (Å²) in [5.41, 5.74) is 1.15. The van der Waals surface area contributed by atoms with Crippen LogP contribution in [0.25, 0.3) is 11.3 Å². The van der Waals surface area contributed by atoms with Gasteiger partial charge in [0.2, 0.25) is 0 Å². The standard InChI is InChI=1S/C11H8N2O2S/c1-16-11-9(6-12)10(15-13-11)7-2-4-8(14)5-3-7/h2-5,14H,1H3. The van der Waals surface area contributed by atoms with E-state index in [2.05, 4.69) is 11.2 Å². The fraction of sp³-hybridized carbons (Fsp3) is 0.0909. The van der Waals surface area contributed by atoms with Gasteiger partial charge in [0.05, 0.1) is 0 Å². The Labute approximate surface area is 96.5 Å². The lowest BCUT2D eigenvalue weighted by Gasteiger charge is -1.96. The average molecular weight is 232 g/mol. The Hall–Kier alpha value is -1.93. The van der Waals surface area contributed by atoms with Crippen LogP contribution in [0.15, 0.2) is 33.8 Å². The van der Waals surface area contributed by atoms with E-state index < -0.39 is 0 Å². The summed E-state index contributed by atoms with van der Waals surface area (Å²) in [7, 11) is 0. The van der Waals surface area contributed by atoms with Crippen LogP contribution in [0.1, 0.15) is 5.56 Å². The molecule has 1 N–H and O–H groups in total. The predicted molar refractivity (Wildman–Crippen MR) is 60.1 cm³/mol. The highest BCUT2D eigenvalue weighted by molar-refractivity contribution is 7.98. The predicted octanol–water partition coefficient (Wildman–Crippen LogP) is 2.64. The molecule has 1 aromatic carbocycles. The summed E-state index contributed by atoms with van der Waals surface area (Å²) in [5.74, 6) is 0.610. The molecule has 0 atom stereocenters. The van der Waals surface area contributed by atoms with Crippen molar-refractivity contribution in [1.29, 1.82) is 5.26 Å². The Balaban J connectivity index is 2.52. The number of aromatic nitrogens is 1. The van der Waals surface area contributed by atoms with Gasteiger partial charge in [0.15, 0.2) is 10.8 Å². The van der Waals surface area contributed by atoms with Crippen LogP contribution in [-0.4, -0.2) is 16.5 Å². The van der Waals surface area contributed by atoms with Gasteiger partial charge in [0.1, 0.15) is 17.4 Å². The number of nitriles is 1. The maximum absolute atomic E-state index is 9.17. The van der Waals surface area contributed by atoms with E-state index in [4.69, 9.17) is 14.9 Å². The fourth-order valence-corrected chi connectivity index (χ4v) is 1.78. The van der Waals surface area contributed by atoms with Crippen LogP contribution in [-0.2, 0) is 0 Å². The van der Waals surface area contributed by atoms with Crippen LogP contribution in [0.3, 0.4) is 0 Å². The molecule has 80 valence electrons. The normalized spacial score (nSPS) is 10.0. The van der Waals surface area contributed by atoms with E-state index in [-0.39, 0.29) is 5.75 Å². The summed E-state index contributed by atoms with van der Waals surface area (Å²) >= 11 is 1.36. The average Bonchev–Trinajstić information content (AvgIpc) is 2.72. The van der Waals surface area contributed by atoms with Gasteiger partial charge < -0.3 is 9.63 Å². The number of nitrogens with zero attached hydrogens (tertiary/aromatic N) is 2. The summed E-state index contributed by atoms with van der Waals surface area (Å²) in [6, 6.07) is 8.51. The van der Waals surface area contributed by atoms with E-state index in [1.807, 2.05) is 6.26 Å². The van der Waals surface area contributed by atoms with Crippen LogP contribution in [0.2, 0.25) is 0 Å². The highest BCUT2D eigenvalue weighted by Gasteiger charge is 2.16. The van der Waals surface area contributed by atoms with Crippen molar-refractivity contribution >= 4 is 11.8 Å².